The summed E-state index contributed by atoms with van der Waals surface area (Å²) >= 11 is 0. The van der Waals surface area contributed by atoms with Gasteiger partial charge in [0.05, 0.1) is 0 Å². The van der Waals surface area contributed by atoms with Crippen LogP contribution in [0.25, 0.3) is 0 Å². The second-order valence-corrected chi connectivity index (χ2v) is 5.98. The maximum atomic E-state index is 10.4. The quantitative estimate of drug-likeness (QED) is 0.415. The van der Waals surface area contributed by atoms with Crippen molar-refractivity contribution >= 4 is 25.8 Å². The molecule has 0 unspecified atom stereocenters. The SMILES string of the molecule is O=C(O)CCP(CCC(=O)O)CCC(O)=[OH+]. The standard InChI is InChI=1S/C9H15O6P/c10-7(11)1-4-16(5-2-8(12)13)6-3-9(14)15/h1-6H2,(H,10,11)(H,12,13)(H,14,15)/p+1. The third kappa shape index (κ3) is 9.40. The summed E-state index contributed by atoms with van der Waals surface area (Å²) in [6, 6.07) is 0. The molecule has 4 N–H and O–H groups in total. The van der Waals surface area contributed by atoms with Gasteiger partial charge in [-0.05, 0) is 18.5 Å². The molecule has 0 heterocycles. The fraction of sp³-hybridized carbons (Fsp3) is 0.667. The number of hydrogen-bond acceptors (Lipinski definition) is 2. The van der Waals surface area contributed by atoms with Gasteiger partial charge in [0.1, 0.15) is 6.42 Å². The first-order chi connectivity index (χ1) is 7.41. The highest BCUT2D eigenvalue weighted by atomic mass is 31.1. The van der Waals surface area contributed by atoms with Gasteiger partial charge < -0.3 is 20.1 Å². The van der Waals surface area contributed by atoms with E-state index in [1.165, 1.54) is 0 Å². The molecule has 0 saturated heterocycles. The maximum absolute atomic E-state index is 10.4. The number of carbonyl (C=O) groups is 2. The van der Waals surface area contributed by atoms with Crippen LogP contribution in [0.15, 0.2) is 0 Å². The van der Waals surface area contributed by atoms with Crippen molar-refractivity contribution in [1.29, 1.82) is 0 Å². The molecule has 16 heavy (non-hydrogen) atoms. The molecule has 0 fully saturated rings. The lowest BCUT2D eigenvalue weighted by Gasteiger charge is -2.13. The molecule has 92 valence electrons. The molecule has 0 aliphatic rings. The fourth-order valence-electron chi connectivity index (χ4n) is 1.10. The average molecular weight is 251 g/mol. The number of carboxylic acid groups (broad SMARTS) is 3. The summed E-state index contributed by atoms with van der Waals surface area (Å²) in [4.78, 5) is 29.3. The highest BCUT2D eigenvalue weighted by Crippen LogP contribution is 2.37. The number of rotatable bonds is 9. The summed E-state index contributed by atoms with van der Waals surface area (Å²) in [5, 5.41) is 25.6. The first-order valence-corrected chi connectivity index (χ1v) is 6.71. The highest BCUT2D eigenvalue weighted by molar-refractivity contribution is 7.57. The Bertz CT molecular complexity index is 222. The molecule has 0 bridgehead atoms. The van der Waals surface area contributed by atoms with Crippen molar-refractivity contribution in [3.8, 4) is 0 Å². The molecule has 0 amide bonds. The maximum Gasteiger partial charge on any atom is 0.480 e. The van der Waals surface area contributed by atoms with E-state index in [1.807, 2.05) is 0 Å². The molecule has 0 atom stereocenters. The van der Waals surface area contributed by atoms with Crippen molar-refractivity contribution < 1.29 is 29.7 Å². The summed E-state index contributed by atoms with van der Waals surface area (Å²) in [5.74, 6) is -2.52. The third-order valence-electron chi connectivity index (χ3n) is 1.94. The molecule has 0 aromatic rings. The van der Waals surface area contributed by atoms with Crippen molar-refractivity contribution in [2.45, 2.75) is 19.3 Å². The van der Waals surface area contributed by atoms with Gasteiger partial charge in [0.2, 0.25) is 0 Å². The van der Waals surface area contributed by atoms with Gasteiger partial charge in [-0.15, -0.1) is 7.92 Å². The van der Waals surface area contributed by atoms with E-state index >= 15 is 0 Å². The smallest absolute Gasteiger partial charge is 0.480 e. The van der Waals surface area contributed by atoms with Crippen LogP contribution in [0.2, 0.25) is 0 Å². The highest BCUT2D eigenvalue weighted by Gasteiger charge is 2.15. The molecule has 0 aromatic carbocycles. The lowest BCUT2D eigenvalue weighted by molar-refractivity contribution is -0.137. The predicted octanol–water partition coefficient (Wildman–Crippen LogP) is 0.868. The lowest BCUT2D eigenvalue weighted by Crippen LogP contribution is -2.07. The zero-order valence-electron chi connectivity index (χ0n) is 8.80. The monoisotopic (exact) mass is 251 g/mol. The molecule has 0 aromatic heterocycles. The van der Waals surface area contributed by atoms with Gasteiger partial charge in [0, 0.05) is 12.8 Å². The Hall–Kier alpha value is -1.16. The van der Waals surface area contributed by atoms with Crippen LogP contribution in [0.4, 0.5) is 0 Å². The van der Waals surface area contributed by atoms with Crippen LogP contribution in [0.5, 0.6) is 0 Å². The van der Waals surface area contributed by atoms with Gasteiger partial charge in [-0.25, -0.2) is 0 Å². The van der Waals surface area contributed by atoms with Gasteiger partial charge in [-0.3, -0.25) is 9.59 Å². The Morgan fingerprint density at radius 2 is 1.25 bits per heavy atom. The zero-order chi connectivity index (χ0) is 12.6. The number of carboxylic acids is 3. The van der Waals surface area contributed by atoms with Gasteiger partial charge in [0.15, 0.2) is 0 Å². The van der Waals surface area contributed by atoms with Crippen LogP contribution >= 0.6 is 7.92 Å². The topological polar surface area (TPSA) is 116 Å². The molecule has 0 aliphatic heterocycles. The molecule has 0 spiro atoms. The summed E-state index contributed by atoms with van der Waals surface area (Å²) in [6.45, 7) is 0. The normalized spacial score (nSPS) is 10.3. The Balaban J connectivity index is 3.98. The number of hydrogen-bond donors (Lipinski definition) is 3. The van der Waals surface area contributed by atoms with Crippen molar-refractivity contribution in [2.75, 3.05) is 18.5 Å². The number of aliphatic carboxylic acids is 3. The van der Waals surface area contributed by atoms with E-state index in [-0.39, 0.29) is 19.3 Å². The molecule has 0 radical (unpaired) electrons. The van der Waals surface area contributed by atoms with Crippen LogP contribution in [0.1, 0.15) is 19.3 Å². The minimum Gasteiger partial charge on any atom is -0.481 e. The fourth-order valence-corrected chi connectivity index (χ4v) is 3.30. The van der Waals surface area contributed by atoms with Crippen molar-refractivity contribution in [3.63, 3.8) is 0 Å². The Labute approximate surface area is 94.0 Å². The predicted molar refractivity (Wildman–Crippen MR) is 60.2 cm³/mol. The zero-order valence-corrected chi connectivity index (χ0v) is 9.69. The van der Waals surface area contributed by atoms with Gasteiger partial charge in [0.25, 0.3) is 0 Å². The van der Waals surface area contributed by atoms with Gasteiger partial charge in [-0.2, -0.15) is 0 Å². The molecule has 0 rings (SSSR count). The van der Waals surface area contributed by atoms with E-state index in [0.29, 0.717) is 18.5 Å². The summed E-state index contributed by atoms with van der Waals surface area (Å²) in [6.07, 6.45) is 1.38. The largest absolute Gasteiger partial charge is 0.481 e. The summed E-state index contributed by atoms with van der Waals surface area (Å²) in [5.41, 5.74) is 0. The third-order valence-corrected chi connectivity index (χ3v) is 4.50. The molecular weight excluding hydrogens is 235 g/mol. The second-order valence-electron chi connectivity index (χ2n) is 3.30. The minimum absolute atomic E-state index is 0.00247. The van der Waals surface area contributed by atoms with E-state index in [4.69, 9.17) is 20.1 Å². The molecule has 7 heteroatoms. The van der Waals surface area contributed by atoms with Gasteiger partial charge >= 0.3 is 17.9 Å². The Morgan fingerprint density at radius 1 is 0.875 bits per heavy atom. The van der Waals surface area contributed by atoms with Crippen LogP contribution in [-0.4, -0.2) is 56.5 Å². The molecule has 0 saturated carbocycles. The van der Waals surface area contributed by atoms with Crippen LogP contribution in [-0.2, 0) is 9.59 Å². The van der Waals surface area contributed by atoms with Crippen LogP contribution < -0.4 is 0 Å². The van der Waals surface area contributed by atoms with Crippen LogP contribution in [0, 0.1) is 0 Å². The first-order valence-electron chi connectivity index (χ1n) is 4.81. The molecule has 6 nitrogen and oxygen atoms in total. The van der Waals surface area contributed by atoms with Crippen molar-refractivity contribution in [3.05, 3.63) is 0 Å². The molecule has 0 aliphatic carbocycles. The van der Waals surface area contributed by atoms with E-state index in [2.05, 4.69) is 0 Å². The Morgan fingerprint density at radius 3 is 1.56 bits per heavy atom. The van der Waals surface area contributed by atoms with E-state index in [9.17, 15) is 9.59 Å². The lowest BCUT2D eigenvalue weighted by atomic mass is 10.5. The van der Waals surface area contributed by atoms with Crippen LogP contribution in [0.3, 0.4) is 0 Å². The minimum atomic E-state index is -0.917. The van der Waals surface area contributed by atoms with Crippen molar-refractivity contribution in [2.24, 2.45) is 0 Å². The van der Waals surface area contributed by atoms with E-state index in [1.54, 1.807) is 0 Å². The molecular formula is C9H16O6P+. The van der Waals surface area contributed by atoms with E-state index < -0.39 is 25.8 Å². The Kier molecular flexibility index (Phi) is 7.46. The van der Waals surface area contributed by atoms with E-state index in [0.717, 1.165) is 0 Å². The average Bonchev–Trinajstić information content (AvgIpc) is 2.15. The summed E-state index contributed by atoms with van der Waals surface area (Å²) in [7, 11) is -0.761. The van der Waals surface area contributed by atoms with Crippen molar-refractivity contribution in [1.82, 2.24) is 0 Å². The first kappa shape index (κ1) is 14.8. The van der Waals surface area contributed by atoms with Gasteiger partial charge in [-0.1, -0.05) is 0 Å². The number of aliphatic hydroxyl groups excluding tert-OH is 1. The summed E-state index contributed by atoms with van der Waals surface area (Å²) < 4.78 is 0. The second kappa shape index (κ2) is 8.05.